The number of hydrogen-bond acceptors (Lipinski definition) is 7. The summed E-state index contributed by atoms with van der Waals surface area (Å²) in [5, 5.41) is 7.17. The van der Waals surface area contributed by atoms with E-state index in [9.17, 15) is 22.8 Å². The van der Waals surface area contributed by atoms with Crippen LogP contribution in [-0.4, -0.2) is 69.0 Å². The van der Waals surface area contributed by atoms with Gasteiger partial charge in [0.15, 0.2) is 16.7 Å². The van der Waals surface area contributed by atoms with Crippen molar-refractivity contribution in [2.45, 2.75) is 50.8 Å². The van der Waals surface area contributed by atoms with Crippen molar-refractivity contribution < 1.29 is 27.5 Å². The van der Waals surface area contributed by atoms with E-state index < -0.39 is 18.0 Å². The number of nitrogens with zero attached hydrogens (tertiary/aromatic N) is 4. The number of halogens is 3. The lowest BCUT2D eigenvalue weighted by Crippen LogP contribution is -2.38. The number of aromatic amines is 1. The smallest absolute Gasteiger partial charge is 0.378 e. The Morgan fingerprint density at radius 3 is 2.42 bits per heavy atom. The Bertz CT molecular complexity index is 979. The summed E-state index contributed by atoms with van der Waals surface area (Å²) in [5.41, 5.74) is 1.85. The van der Waals surface area contributed by atoms with Gasteiger partial charge in [-0.25, -0.2) is 0 Å². The van der Waals surface area contributed by atoms with Crippen molar-refractivity contribution in [3.8, 4) is 0 Å². The van der Waals surface area contributed by atoms with Crippen LogP contribution in [0, 0.1) is 13.8 Å². The van der Waals surface area contributed by atoms with Crippen molar-refractivity contribution in [1.82, 2.24) is 19.7 Å². The number of morpholine rings is 1. The molecule has 0 spiro atoms. The van der Waals surface area contributed by atoms with Gasteiger partial charge >= 0.3 is 6.18 Å². The van der Waals surface area contributed by atoms with Gasteiger partial charge in [-0.1, -0.05) is 11.8 Å². The second kappa shape index (κ2) is 9.03. The van der Waals surface area contributed by atoms with E-state index in [0.717, 1.165) is 16.3 Å². The van der Waals surface area contributed by atoms with E-state index in [-0.39, 0.29) is 28.4 Å². The first-order chi connectivity index (χ1) is 14.5. The molecule has 3 rings (SSSR count). The summed E-state index contributed by atoms with van der Waals surface area (Å²) in [5.74, 6) is -0.383. The minimum absolute atomic E-state index is 0.00684. The maximum atomic E-state index is 13.3. The molecule has 0 saturated carbocycles. The number of anilines is 1. The number of H-pyrrole nitrogens is 1. The lowest BCUT2D eigenvalue weighted by molar-refractivity contribution is -0.141. The van der Waals surface area contributed by atoms with E-state index in [1.807, 2.05) is 0 Å². The molecule has 1 saturated heterocycles. The van der Waals surface area contributed by atoms with Crippen LogP contribution in [0.3, 0.4) is 0 Å². The molecule has 0 radical (unpaired) electrons. The first-order valence-corrected chi connectivity index (χ1v) is 10.6. The number of ether oxygens (including phenoxy) is 1. The molecule has 1 aliphatic heterocycles. The molecule has 8 nitrogen and oxygen atoms in total. The zero-order valence-corrected chi connectivity index (χ0v) is 18.5. The number of alkyl halides is 3. The van der Waals surface area contributed by atoms with Gasteiger partial charge in [0.2, 0.25) is 5.95 Å². The molecule has 1 N–H and O–H groups in total. The van der Waals surface area contributed by atoms with Crippen LogP contribution >= 0.6 is 11.8 Å². The summed E-state index contributed by atoms with van der Waals surface area (Å²) >= 11 is 0.908. The average molecular weight is 459 g/mol. The number of aromatic nitrogens is 4. The molecular formula is C19H24F3N5O3S. The Hall–Kier alpha value is -2.34. The van der Waals surface area contributed by atoms with E-state index >= 15 is 0 Å². The van der Waals surface area contributed by atoms with Crippen molar-refractivity contribution in [3.05, 3.63) is 22.5 Å². The molecule has 0 aromatic carbocycles. The number of carbonyl (C=O) groups excluding carboxylic acids is 2. The van der Waals surface area contributed by atoms with Gasteiger partial charge in [-0.2, -0.15) is 13.2 Å². The number of rotatable bonds is 7. The third-order valence-corrected chi connectivity index (χ3v) is 6.10. The van der Waals surface area contributed by atoms with Gasteiger partial charge in [0.25, 0.3) is 0 Å². The summed E-state index contributed by atoms with van der Waals surface area (Å²) in [7, 11) is 0. The molecule has 0 aliphatic carbocycles. The molecule has 1 unspecified atom stereocenters. The molecule has 2 aromatic rings. The first-order valence-electron chi connectivity index (χ1n) is 9.73. The van der Waals surface area contributed by atoms with Crippen molar-refractivity contribution in [2.75, 3.05) is 31.2 Å². The van der Waals surface area contributed by atoms with Gasteiger partial charge in [-0.05, 0) is 33.3 Å². The molecular weight excluding hydrogens is 435 g/mol. The van der Waals surface area contributed by atoms with Crippen LogP contribution in [-0.2, 0) is 11.3 Å². The van der Waals surface area contributed by atoms with Crippen LogP contribution in [0.1, 0.15) is 46.0 Å². The highest BCUT2D eigenvalue weighted by Gasteiger charge is 2.34. The molecule has 0 amide bonds. The number of aryl methyl sites for hydroxylation is 1. The zero-order chi connectivity index (χ0) is 22.9. The molecule has 2 aromatic heterocycles. The minimum atomic E-state index is -4.48. The first kappa shape index (κ1) is 23.3. The highest BCUT2D eigenvalue weighted by atomic mass is 32.2. The van der Waals surface area contributed by atoms with E-state index in [1.54, 1.807) is 25.7 Å². The van der Waals surface area contributed by atoms with Crippen molar-refractivity contribution in [1.29, 1.82) is 0 Å². The number of Topliss-reactive ketones (excluding diaryl/α,β-unsaturated/α-hetero) is 2. The molecule has 0 bridgehead atoms. The molecule has 1 aliphatic rings. The van der Waals surface area contributed by atoms with Crippen LogP contribution < -0.4 is 4.90 Å². The van der Waals surface area contributed by atoms with Crippen molar-refractivity contribution in [2.24, 2.45) is 0 Å². The summed E-state index contributed by atoms with van der Waals surface area (Å²) in [6.07, 6.45) is -4.48. The Balaban J connectivity index is 1.87. The lowest BCUT2D eigenvalue weighted by atomic mass is 10.0. The van der Waals surface area contributed by atoms with Gasteiger partial charge in [0.1, 0.15) is 6.54 Å². The van der Waals surface area contributed by atoms with Crippen molar-refractivity contribution in [3.63, 3.8) is 0 Å². The monoisotopic (exact) mass is 459 g/mol. The van der Waals surface area contributed by atoms with Gasteiger partial charge in [0, 0.05) is 24.3 Å². The summed E-state index contributed by atoms with van der Waals surface area (Å²) in [6, 6.07) is 0. The number of hydrogen-bond donors (Lipinski definition) is 1. The quantitative estimate of drug-likeness (QED) is 0.502. The van der Waals surface area contributed by atoms with Gasteiger partial charge in [0.05, 0.1) is 24.2 Å². The van der Waals surface area contributed by atoms with Gasteiger partial charge in [-0.15, -0.1) is 10.2 Å². The molecule has 31 heavy (non-hydrogen) atoms. The summed E-state index contributed by atoms with van der Waals surface area (Å²) in [6.45, 7) is 6.72. The number of ketones is 2. The largest absolute Gasteiger partial charge is 0.406 e. The Kier molecular flexibility index (Phi) is 6.79. The van der Waals surface area contributed by atoms with E-state index in [2.05, 4.69) is 15.2 Å². The second-order valence-corrected chi connectivity index (χ2v) is 8.70. The highest BCUT2D eigenvalue weighted by molar-refractivity contribution is 8.00. The van der Waals surface area contributed by atoms with Gasteiger partial charge in [-0.3, -0.25) is 14.2 Å². The number of nitrogens with one attached hydrogen (secondary N) is 1. The summed E-state index contributed by atoms with van der Waals surface area (Å²) < 4.78 is 46.0. The highest BCUT2D eigenvalue weighted by Crippen LogP contribution is 2.32. The maximum Gasteiger partial charge on any atom is 0.406 e. The van der Waals surface area contributed by atoms with Crippen LogP contribution in [0.2, 0.25) is 0 Å². The average Bonchev–Trinajstić information content (AvgIpc) is 3.20. The zero-order valence-electron chi connectivity index (χ0n) is 17.7. The normalized spacial score (nSPS) is 15.9. The topological polar surface area (TPSA) is 93.1 Å². The molecule has 12 heteroatoms. The molecule has 3 heterocycles. The molecule has 1 fully saturated rings. The van der Waals surface area contributed by atoms with Crippen molar-refractivity contribution >= 4 is 29.3 Å². The standard InChI is InChI=1S/C19H24F3N5O3S/c1-10-14(12(3)28)11(2)23-15(10)16(29)13(4)31-18-25-24-17(26-5-7-30-8-6-26)27(18)9-19(20,21)22/h13,23H,5-9H2,1-4H3. The summed E-state index contributed by atoms with van der Waals surface area (Å²) in [4.78, 5) is 29.5. The number of thioether (sulfide) groups is 1. The number of carbonyl (C=O) groups is 2. The van der Waals surface area contributed by atoms with Gasteiger partial charge < -0.3 is 14.6 Å². The fraction of sp³-hybridized carbons (Fsp3) is 0.579. The van der Waals surface area contributed by atoms with Crippen LogP contribution in [0.4, 0.5) is 19.1 Å². The molecule has 1 atom stereocenters. The van der Waals surface area contributed by atoms with Crippen LogP contribution in [0.15, 0.2) is 5.16 Å². The van der Waals surface area contributed by atoms with Crippen LogP contribution in [0.25, 0.3) is 0 Å². The minimum Gasteiger partial charge on any atom is -0.378 e. The fourth-order valence-electron chi connectivity index (χ4n) is 3.62. The fourth-order valence-corrected chi connectivity index (χ4v) is 4.53. The van der Waals surface area contributed by atoms with E-state index in [0.29, 0.717) is 43.1 Å². The third kappa shape index (κ3) is 5.12. The Morgan fingerprint density at radius 2 is 1.87 bits per heavy atom. The lowest BCUT2D eigenvalue weighted by Gasteiger charge is -2.28. The van der Waals surface area contributed by atoms with E-state index in [4.69, 9.17) is 4.74 Å². The van der Waals surface area contributed by atoms with Crippen LogP contribution in [0.5, 0.6) is 0 Å². The molecule has 170 valence electrons. The third-order valence-electron chi connectivity index (χ3n) is 5.02. The van der Waals surface area contributed by atoms with E-state index in [1.165, 1.54) is 6.92 Å². The Labute approximate surface area is 181 Å². The SMILES string of the molecule is CC(=O)c1c(C)[nH]c(C(=O)C(C)Sc2nnc(N3CCOCC3)n2CC(F)(F)F)c1C. The predicted octanol–water partition coefficient (Wildman–Crippen LogP) is 3.19. The Morgan fingerprint density at radius 1 is 1.23 bits per heavy atom. The predicted molar refractivity (Wildman–Crippen MR) is 109 cm³/mol. The maximum absolute atomic E-state index is 13.3. The second-order valence-electron chi connectivity index (χ2n) is 7.39.